The number of aromatic amines is 3. The molecular weight excluding hydrogens is 660 g/mol. The van der Waals surface area contributed by atoms with Crippen LogP contribution in [0.15, 0.2) is 53.3 Å². The zero-order valence-corrected chi connectivity index (χ0v) is 30.0. The molecule has 1 unspecified atom stereocenters. The van der Waals surface area contributed by atoms with Gasteiger partial charge in [-0.3, -0.25) is 9.59 Å². The fraction of sp³-hybridized carbons (Fsp3) is 0.436. The van der Waals surface area contributed by atoms with Crippen molar-refractivity contribution in [1.29, 1.82) is 0 Å². The van der Waals surface area contributed by atoms with Gasteiger partial charge in [-0.15, -0.1) is 0 Å². The molecule has 0 radical (unpaired) electrons. The Labute approximate surface area is 301 Å². The number of benzene rings is 2. The Morgan fingerprint density at radius 3 is 2.33 bits per heavy atom. The molecule has 272 valence electrons. The Hall–Kier alpha value is -5.46. The number of carbonyl (C=O) groups excluding carboxylic acids is 3. The summed E-state index contributed by atoms with van der Waals surface area (Å²) in [5.74, 6) is 0.987. The van der Waals surface area contributed by atoms with Crippen molar-refractivity contribution in [2.24, 2.45) is 11.8 Å². The van der Waals surface area contributed by atoms with Gasteiger partial charge in [0.1, 0.15) is 17.5 Å². The molecule has 3 heterocycles. The van der Waals surface area contributed by atoms with E-state index in [1.54, 1.807) is 18.2 Å². The molecule has 6 N–H and O–H groups in total. The minimum Gasteiger partial charge on any atom is -0.444 e. The predicted molar refractivity (Wildman–Crippen MR) is 199 cm³/mol. The quantitative estimate of drug-likeness (QED) is 0.103. The molecule has 1 atom stereocenters. The number of amides is 3. The SMILES string of the molecule is Cc1nc2nc(C3CC3)[nH]c2cc1-c1ccc(CC(NC(=O)C2CCC(CNC(=O)OC(C)(C)C)CC2)C(=O)Nc2ccc3[nH]c(=O)[nH]c3c2)cc1. The van der Waals surface area contributed by atoms with E-state index >= 15 is 0 Å². The third kappa shape index (κ3) is 8.35. The summed E-state index contributed by atoms with van der Waals surface area (Å²) < 4.78 is 5.35. The number of alkyl carbamates (subject to hydrolysis) is 1. The topological polar surface area (TPSA) is 187 Å². The molecule has 3 aromatic heterocycles. The molecule has 2 fully saturated rings. The molecule has 5 aromatic rings. The van der Waals surface area contributed by atoms with Gasteiger partial charge in [-0.05, 0) is 108 Å². The van der Waals surface area contributed by atoms with Gasteiger partial charge >= 0.3 is 11.8 Å². The summed E-state index contributed by atoms with van der Waals surface area (Å²) in [5.41, 5.74) is 6.22. The normalized spacial score (nSPS) is 18.2. The number of hydrogen-bond donors (Lipinski definition) is 6. The first-order valence-corrected chi connectivity index (χ1v) is 18.1. The van der Waals surface area contributed by atoms with Crippen molar-refractivity contribution in [2.75, 3.05) is 11.9 Å². The maximum atomic E-state index is 13.8. The first-order chi connectivity index (χ1) is 24.9. The molecule has 0 aliphatic heterocycles. The summed E-state index contributed by atoms with van der Waals surface area (Å²) in [5, 5.41) is 8.84. The van der Waals surface area contributed by atoms with Crippen molar-refractivity contribution in [3.63, 3.8) is 0 Å². The number of pyridine rings is 1. The van der Waals surface area contributed by atoms with Gasteiger partial charge in [0.05, 0.1) is 16.6 Å². The summed E-state index contributed by atoms with van der Waals surface area (Å²) >= 11 is 0. The van der Waals surface area contributed by atoms with Crippen molar-refractivity contribution < 1.29 is 19.1 Å². The second kappa shape index (κ2) is 14.3. The van der Waals surface area contributed by atoms with E-state index in [9.17, 15) is 19.2 Å². The zero-order valence-electron chi connectivity index (χ0n) is 30.0. The Balaban J connectivity index is 1.03. The summed E-state index contributed by atoms with van der Waals surface area (Å²) in [7, 11) is 0. The van der Waals surface area contributed by atoms with E-state index in [2.05, 4.69) is 42.0 Å². The fourth-order valence-electron chi connectivity index (χ4n) is 6.96. The molecule has 0 bridgehead atoms. The largest absolute Gasteiger partial charge is 0.444 e. The lowest BCUT2D eigenvalue weighted by Crippen LogP contribution is -2.48. The summed E-state index contributed by atoms with van der Waals surface area (Å²) in [6.45, 7) is 7.95. The fourth-order valence-corrected chi connectivity index (χ4v) is 6.96. The van der Waals surface area contributed by atoms with Gasteiger partial charge in [-0.2, -0.15) is 0 Å². The molecule has 2 aliphatic carbocycles. The van der Waals surface area contributed by atoms with Crippen molar-refractivity contribution in [3.05, 3.63) is 76.1 Å². The third-order valence-electron chi connectivity index (χ3n) is 9.92. The van der Waals surface area contributed by atoms with Crippen molar-refractivity contribution in [1.82, 2.24) is 35.6 Å². The number of anilines is 1. The average Bonchev–Trinajstić information content (AvgIpc) is 3.76. The van der Waals surface area contributed by atoms with Crippen LogP contribution < -0.4 is 21.6 Å². The number of fused-ring (bicyclic) bond motifs is 2. The van der Waals surface area contributed by atoms with Crippen LogP contribution in [-0.4, -0.2) is 61.0 Å². The number of aromatic nitrogens is 5. The summed E-state index contributed by atoms with van der Waals surface area (Å²) in [4.78, 5) is 69.7. The van der Waals surface area contributed by atoms with Crippen LogP contribution in [0.3, 0.4) is 0 Å². The van der Waals surface area contributed by atoms with Gasteiger partial charge in [0, 0.05) is 41.7 Å². The highest BCUT2D eigenvalue weighted by Crippen LogP contribution is 2.39. The Bertz CT molecular complexity index is 2160. The lowest BCUT2D eigenvalue weighted by molar-refractivity contribution is -0.130. The molecule has 2 aromatic carbocycles. The lowest BCUT2D eigenvalue weighted by Gasteiger charge is -2.29. The van der Waals surface area contributed by atoms with Gasteiger partial charge in [-0.25, -0.2) is 19.6 Å². The van der Waals surface area contributed by atoms with E-state index in [1.807, 2.05) is 52.0 Å². The molecule has 13 heteroatoms. The minimum atomic E-state index is -0.850. The van der Waals surface area contributed by atoms with E-state index in [0.29, 0.717) is 42.0 Å². The van der Waals surface area contributed by atoms with Gasteiger partial charge in [0.25, 0.3) is 0 Å². The zero-order chi connectivity index (χ0) is 36.6. The van der Waals surface area contributed by atoms with Crippen molar-refractivity contribution in [2.45, 2.75) is 90.2 Å². The molecule has 2 saturated carbocycles. The lowest BCUT2D eigenvalue weighted by atomic mass is 9.81. The number of hydrogen-bond acceptors (Lipinski definition) is 7. The van der Waals surface area contributed by atoms with Gasteiger partial charge < -0.3 is 35.6 Å². The average molecular weight is 707 g/mol. The number of ether oxygens (including phenoxy) is 1. The van der Waals surface area contributed by atoms with Crippen LogP contribution in [0.2, 0.25) is 0 Å². The van der Waals surface area contributed by atoms with Crippen molar-refractivity contribution >= 4 is 45.8 Å². The van der Waals surface area contributed by atoms with E-state index in [1.165, 1.54) is 0 Å². The number of rotatable bonds is 10. The Morgan fingerprint density at radius 1 is 0.885 bits per heavy atom. The monoisotopic (exact) mass is 706 g/mol. The second-order valence-electron chi connectivity index (χ2n) is 15.3. The van der Waals surface area contributed by atoms with Crippen LogP contribution in [-0.2, 0) is 20.7 Å². The Morgan fingerprint density at radius 2 is 1.62 bits per heavy atom. The second-order valence-corrected chi connectivity index (χ2v) is 15.3. The number of nitrogens with one attached hydrogen (secondary N) is 6. The molecule has 3 amide bonds. The summed E-state index contributed by atoms with van der Waals surface area (Å²) in [6.07, 6.45) is 5.02. The molecular formula is C39H46N8O5. The Kier molecular flexibility index (Phi) is 9.60. The highest BCUT2D eigenvalue weighted by Gasteiger charge is 2.31. The number of H-pyrrole nitrogens is 3. The number of nitrogens with zero attached hydrogens (tertiary/aromatic N) is 2. The molecule has 7 rings (SSSR count). The highest BCUT2D eigenvalue weighted by molar-refractivity contribution is 5.98. The molecule has 0 saturated heterocycles. The van der Waals surface area contributed by atoms with Crippen molar-refractivity contribution in [3.8, 4) is 11.1 Å². The van der Waals surface area contributed by atoms with Gasteiger partial charge in [0.15, 0.2) is 5.65 Å². The first-order valence-electron chi connectivity index (χ1n) is 18.1. The molecule has 52 heavy (non-hydrogen) atoms. The highest BCUT2D eigenvalue weighted by atomic mass is 16.6. The number of aryl methyl sites for hydroxylation is 1. The molecule has 13 nitrogen and oxygen atoms in total. The molecule has 2 aliphatic rings. The van der Waals surface area contributed by atoms with E-state index < -0.39 is 17.7 Å². The van der Waals surface area contributed by atoms with Crippen LogP contribution >= 0.6 is 0 Å². The smallest absolute Gasteiger partial charge is 0.407 e. The van der Waals surface area contributed by atoms with Crippen LogP contribution in [0.1, 0.15) is 82.3 Å². The van der Waals surface area contributed by atoms with Crippen LogP contribution in [0.25, 0.3) is 33.3 Å². The van der Waals surface area contributed by atoms with E-state index in [4.69, 9.17) is 9.72 Å². The minimum absolute atomic E-state index is 0.166. The number of carbonyl (C=O) groups is 3. The summed E-state index contributed by atoms with van der Waals surface area (Å²) in [6, 6.07) is 14.4. The van der Waals surface area contributed by atoms with Gasteiger partial charge in [0.2, 0.25) is 11.8 Å². The molecule has 0 spiro atoms. The maximum absolute atomic E-state index is 13.8. The third-order valence-corrected chi connectivity index (χ3v) is 9.92. The maximum Gasteiger partial charge on any atom is 0.407 e. The van der Waals surface area contributed by atoms with E-state index in [-0.39, 0.29) is 35.8 Å². The van der Waals surface area contributed by atoms with Crippen LogP contribution in [0, 0.1) is 18.8 Å². The standard InChI is InChI=1S/C39H46N8O5/c1-21-28(19-31-34(41-21)47-33(43-31)25-13-14-25)24-9-5-22(6-10-24)17-32(36(49)42-27-15-16-29-30(18-27)46-37(50)45-29)44-35(48)26-11-7-23(8-12-26)20-40-38(51)52-39(2,3)4/h5-6,9-10,15-16,18-19,23,25-26,32H,7-8,11-14,17,20H2,1-4H3,(H,40,51)(H,42,49)(H,44,48)(H,41,43,47)(H2,45,46,50). The predicted octanol–water partition coefficient (Wildman–Crippen LogP) is 5.98. The number of imidazole rings is 2. The van der Waals surface area contributed by atoms with Gasteiger partial charge in [-0.1, -0.05) is 24.3 Å². The van der Waals surface area contributed by atoms with Crippen LogP contribution in [0.5, 0.6) is 0 Å². The van der Waals surface area contributed by atoms with Crippen LogP contribution in [0.4, 0.5) is 10.5 Å². The first kappa shape index (κ1) is 35.0. The van der Waals surface area contributed by atoms with E-state index in [0.717, 1.165) is 65.1 Å².